The predicted molar refractivity (Wildman–Crippen MR) is 70.5 cm³/mol. The maximum Gasteiger partial charge on any atom is 0.311 e. The van der Waals surface area contributed by atoms with Crippen LogP contribution < -0.4 is 0 Å². The van der Waals surface area contributed by atoms with E-state index in [0.29, 0.717) is 6.04 Å². The molecule has 1 saturated heterocycles. The second-order valence-corrected chi connectivity index (χ2v) is 6.04. The third-order valence-corrected chi connectivity index (χ3v) is 4.82. The van der Waals surface area contributed by atoms with Crippen molar-refractivity contribution in [1.82, 2.24) is 9.88 Å². The smallest absolute Gasteiger partial charge is 0.311 e. The van der Waals surface area contributed by atoms with Gasteiger partial charge in [0, 0.05) is 23.4 Å². The average Bonchev–Trinajstić information content (AvgIpc) is 2.78. The number of methoxy groups -OCH3 is 1. The molecule has 1 atom stereocenters. The molecule has 1 fully saturated rings. The summed E-state index contributed by atoms with van der Waals surface area (Å²) in [6.07, 6.45) is 0.274. The van der Waals surface area contributed by atoms with Gasteiger partial charge in [-0.1, -0.05) is 0 Å². The summed E-state index contributed by atoms with van der Waals surface area (Å²) in [6, 6.07) is 0.394. The van der Waals surface area contributed by atoms with Crippen LogP contribution in [0.1, 0.15) is 16.7 Å². The van der Waals surface area contributed by atoms with E-state index in [1.807, 2.05) is 17.1 Å². The van der Waals surface area contributed by atoms with Gasteiger partial charge in [0.1, 0.15) is 5.01 Å². The lowest BCUT2D eigenvalue weighted by molar-refractivity contribution is -0.139. The van der Waals surface area contributed by atoms with Crippen LogP contribution in [0.5, 0.6) is 0 Å². The Bertz CT molecular complexity index is 395. The van der Waals surface area contributed by atoms with E-state index in [2.05, 4.69) is 21.7 Å². The minimum absolute atomic E-state index is 0.228. The van der Waals surface area contributed by atoms with Gasteiger partial charge in [-0.3, -0.25) is 9.69 Å². The lowest BCUT2D eigenvalue weighted by Crippen LogP contribution is -2.32. The van der Waals surface area contributed by atoms with E-state index in [0.717, 1.165) is 23.0 Å². The van der Waals surface area contributed by atoms with Crippen molar-refractivity contribution >= 4 is 29.1 Å². The number of carbonyl (C=O) groups is 1. The quantitative estimate of drug-likeness (QED) is 0.782. The van der Waals surface area contributed by atoms with Crippen LogP contribution in [0.3, 0.4) is 0 Å². The van der Waals surface area contributed by atoms with Gasteiger partial charge in [0.15, 0.2) is 0 Å². The fourth-order valence-corrected chi connectivity index (χ4v) is 4.03. The van der Waals surface area contributed by atoms with Crippen molar-refractivity contribution in [3.05, 3.63) is 16.1 Å². The Kier molecular flexibility index (Phi) is 4.42. The van der Waals surface area contributed by atoms with Crippen molar-refractivity contribution in [1.29, 1.82) is 0 Å². The van der Waals surface area contributed by atoms with Crippen molar-refractivity contribution in [2.45, 2.75) is 12.5 Å². The first-order valence-electron chi connectivity index (χ1n) is 5.50. The summed E-state index contributed by atoms with van der Waals surface area (Å²) in [4.78, 5) is 18.0. The Morgan fingerprint density at radius 1 is 1.71 bits per heavy atom. The van der Waals surface area contributed by atoms with Crippen LogP contribution in [0.2, 0.25) is 0 Å². The molecule has 0 saturated carbocycles. The zero-order valence-corrected chi connectivity index (χ0v) is 11.6. The SMILES string of the molecule is COC(=O)Cc1csc(C2CSCCN2C)n1. The van der Waals surface area contributed by atoms with E-state index in [1.165, 1.54) is 12.9 Å². The van der Waals surface area contributed by atoms with Gasteiger partial charge in [0.25, 0.3) is 0 Å². The highest BCUT2D eigenvalue weighted by Gasteiger charge is 2.24. The van der Waals surface area contributed by atoms with Crippen molar-refractivity contribution in [3.63, 3.8) is 0 Å². The molecule has 0 aromatic carbocycles. The van der Waals surface area contributed by atoms with Gasteiger partial charge >= 0.3 is 5.97 Å². The van der Waals surface area contributed by atoms with Gasteiger partial charge in [0.2, 0.25) is 0 Å². The molecule has 17 heavy (non-hydrogen) atoms. The first-order chi connectivity index (χ1) is 8.20. The second kappa shape index (κ2) is 5.84. The Hall–Kier alpha value is -0.590. The van der Waals surface area contributed by atoms with Gasteiger partial charge in [-0.15, -0.1) is 11.3 Å². The van der Waals surface area contributed by atoms with Gasteiger partial charge in [-0.25, -0.2) is 4.98 Å². The fraction of sp³-hybridized carbons (Fsp3) is 0.636. The van der Waals surface area contributed by atoms with E-state index in [-0.39, 0.29) is 12.4 Å². The van der Waals surface area contributed by atoms with E-state index in [9.17, 15) is 4.79 Å². The highest BCUT2D eigenvalue weighted by Crippen LogP contribution is 2.30. The molecule has 0 amide bonds. The number of thioether (sulfide) groups is 1. The number of rotatable bonds is 3. The van der Waals surface area contributed by atoms with Crippen LogP contribution in [0, 0.1) is 0 Å². The number of nitrogens with zero attached hydrogens (tertiary/aromatic N) is 2. The van der Waals surface area contributed by atoms with Crippen molar-refractivity contribution in [2.24, 2.45) is 0 Å². The van der Waals surface area contributed by atoms with Gasteiger partial charge in [-0.05, 0) is 7.05 Å². The molecule has 0 radical (unpaired) electrons. The van der Waals surface area contributed by atoms with Crippen LogP contribution in [0.4, 0.5) is 0 Å². The topological polar surface area (TPSA) is 42.4 Å². The summed E-state index contributed by atoms with van der Waals surface area (Å²) in [5.41, 5.74) is 0.820. The molecule has 94 valence electrons. The summed E-state index contributed by atoms with van der Waals surface area (Å²) in [7, 11) is 3.53. The van der Waals surface area contributed by atoms with E-state index >= 15 is 0 Å². The average molecular weight is 272 g/mol. The van der Waals surface area contributed by atoms with Crippen molar-refractivity contribution in [3.8, 4) is 0 Å². The lowest BCUT2D eigenvalue weighted by atomic mass is 10.3. The third-order valence-electron chi connectivity index (χ3n) is 2.80. The molecule has 0 N–H and O–H groups in total. The minimum Gasteiger partial charge on any atom is -0.469 e. The second-order valence-electron chi connectivity index (χ2n) is 4.00. The molecule has 0 aliphatic carbocycles. The molecule has 6 heteroatoms. The van der Waals surface area contributed by atoms with Crippen LogP contribution in [-0.2, 0) is 16.0 Å². The molecule has 1 aliphatic rings. The molecule has 0 bridgehead atoms. The first-order valence-corrected chi connectivity index (χ1v) is 7.53. The standard InChI is InChI=1S/C11H16N2O2S2/c1-13-3-4-16-7-9(13)11-12-8(6-17-11)5-10(14)15-2/h6,9H,3-5,7H2,1-2H3. The highest BCUT2D eigenvalue weighted by molar-refractivity contribution is 7.99. The monoisotopic (exact) mass is 272 g/mol. The molecule has 1 unspecified atom stereocenters. The molecule has 1 aromatic heterocycles. The minimum atomic E-state index is -0.228. The molecule has 0 spiro atoms. The Balaban J connectivity index is 2.04. The van der Waals surface area contributed by atoms with Gasteiger partial charge < -0.3 is 4.74 Å². The zero-order chi connectivity index (χ0) is 12.3. The fourth-order valence-electron chi connectivity index (χ4n) is 1.72. The number of aromatic nitrogens is 1. The summed E-state index contributed by atoms with van der Waals surface area (Å²) >= 11 is 3.60. The molecule has 2 heterocycles. The summed E-state index contributed by atoms with van der Waals surface area (Å²) < 4.78 is 4.64. The number of esters is 1. The van der Waals surface area contributed by atoms with Crippen LogP contribution in [0.25, 0.3) is 0 Å². The van der Waals surface area contributed by atoms with Gasteiger partial charge in [0.05, 0.1) is 25.3 Å². The number of thiazole rings is 1. The summed E-state index contributed by atoms with van der Waals surface area (Å²) in [5.74, 6) is 2.04. The molecule has 2 rings (SSSR count). The summed E-state index contributed by atoms with van der Waals surface area (Å²) in [6.45, 7) is 1.10. The first kappa shape index (κ1) is 12.9. The number of ether oxygens (including phenoxy) is 1. The summed E-state index contributed by atoms with van der Waals surface area (Å²) in [5, 5.41) is 3.07. The largest absolute Gasteiger partial charge is 0.469 e. The molecular weight excluding hydrogens is 256 g/mol. The molecule has 4 nitrogen and oxygen atoms in total. The Morgan fingerprint density at radius 2 is 2.53 bits per heavy atom. The molecule has 1 aliphatic heterocycles. The number of hydrogen-bond donors (Lipinski definition) is 0. The number of hydrogen-bond acceptors (Lipinski definition) is 6. The van der Waals surface area contributed by atoms with Crippen molar-refractivity contribution < 1.29 is 9.53 Å². The zero-order valence-electron chi connectivity index (χ0n) is 10.0. The Labute approximate surface area is 109 Å². The maximum atomic E-state index is 11.2. The van der Waals surface area contributed by atoms with Gasteiger partial charge in [-0.2, -0.15) is 11.8 Å². The highest BCUT2D eigenvalue weighted by atomic mass is 32.2. The third kappa shape index (κ3) is 3.20. The van der Waals surface area contributed by atoms with E-state index in [1.54, 1.807) is 11.3 Å². The lowest BCUT2D eigenvalue weighted by Gasteiger charge is -2.30. The molecular formula is C11H16N2O2S2. The van der Waals surface area contributed by atoms with Crippen molar-refractivity contribution in [2.75, 3.05) is 32.2 Å². The Morgan fingerprint density at radius 3 is 3.24 bits per heavy atom. The van der Waals surface area contributed by atoms with Crippen LogP contribution in [0.15, 0.2) is 5.38 Å². The molecule has 1 aromatic rings. The van der Waals surface area contributed by atoms with E-state index < -0.39 is 0 Å². The number of carbonyl (C=O) groups excluding carboxylic acids is 1. The normalized spacial score (nSPS) is 21.4. The van der Waals surface area contributed by atoms with Crippen LogP contribution in [-0.4, -0.2) is 48.1 Å². The van der Waals surface area contributed by atoms with E-state index in [4.69, 9.17) is 0 Å². The predicted octanol–water partition coefficient (Wildman–Crippen LogP) is 1.58. The van der Waals surface area contributed by atoms with Crippen LogP contribution >= 0.6 is 23.1 Å². The maximum absolute atomic E-state index is 11.2.